The predicted octanol–water partition coefficient (Wildman–Crippen LogP) is 3.09. The Balaban J connectivity index is 2.08. The summed E-state index contributed by atoms with van der Waals surface area (Å²) < 4.78 is 10.6. The van der Waals surface area contributed by atoms with Crippen LogP contribution in [-0.2, 0) is 9.53 Å². The molecule has 0 saturated carbocycles. The third-order valence-electron chi connectivity index (χ3n) is 3.10. The summed E-state index contributed by atoms with van der Waals surface area (Å²) in [5.41, 5.74) is 0.389. The van der Waals surface area contributed by atoms with E-state index in [1.807, 2.05) is 6.92 Å². The molecule has 0 saturated heterocycles. The van der Waals surface area contributed by atoms with Crippen molar-refractivity contribution in [3.8, 4) is 0 Å². The second-order valence-electron chi connectivity index (χ2n) is 4.81. The molecule has 2 aromatic rings. The van der Waals surface area contributed by atoms with Crippen LogP contribution in [0, 0.1) is 0 Å². The molecule has 0 aliphatic carbocycles. The van der Waals surface area contributed by atoms with Crippen molar-refractivity contribution in [3.63, 3.8) is 0 Å². The first-order chi connectivity index (χ1) is 10.7. The predicted molar refractivity (Wildman–Crippen MR) is 81.2 cm³/mol. The molecule has 0 fully saturated rings. The lowest BCUT2D eigenvalue weighted by Crippen LogP contribution is -2.32. The Hall–Kier alpha value is -2.56. The standard InChI is InChI=1S/C17H19NO4/c1-2-3-11-18-16(19)15(14-10-7-12-21-14)22-17(20)13-8-5-4-6-9-13/h4-10,12,15H,2-3,11H2,1H3,(H,18,19). The third-order valence-corrected chi connectivity index (χ3v) is 3.10. The van der Waals surface area contributed by atoms with Crippen LogP contribution in [-0.4, -0.2) is 18.4 Å². The van der Waals surface area contributed by atoms with Gasteiger partial charge in [-0.2, -0.15) is 0 Å². The van der Waals surface area contributed by atoms with Crippen LogP contribution < -0.4 is 5.32 Å². The van der Waals surface area contributed by atoms with E-state index in [2.05, 4.69) is 5.32 Å². The highest BCUT2D eigenvalue weighted by Crippen LogP contribution is 2.20. The second kappa shape index (κ2) is 8.02. The van der Waals surface area contributed by atoms with Gasteiger partial charge in [-0.15, -0.1) is 0 Å². The van der Waals surface area contributed by atoms with Gasteiger partial charge in [0.05, 0.1) is 11.8 Å². The summed E-state index contributed by atoms with van der Waals surface area (Å²) >= 11 is 0. The van der Waals surface area contributed by atoms with Crippen molar-refractivity contribution in [3.05, 3.63) is 60.1 Å². The van der Waals surface area contributed by atoms with Crippen LogP contribution in [0.3, 0.4) is 0 Å². The fourth-order valence-electron chi connectivity index (χ4n) is 1.91. The SMILES string of the molecule is CCCCNC(=O)C(OC(=O)c1ccccc1)c1ccco1. The van der Waals surface area contributed by atoms with Crippen molar-refractivity contribution in [2.75, 3.05) is 6.54 Å². The maximum absolute atomic E-state index is 12.2. The molecule has 0 aliphatic rings. The summed E-state index contributed by atoms with van der Waals surface area (Å²) in [6.45, 7) is 2.57. The summed E-state index contributed by atoms with van der Waals surface area (Å²) in [7, 11) is 0. The summed E-state index contributed by atoms with van der Waals surface area (Å²) in [6, 6.07) is 11.8. The number of rotatable bonds is 7. The van der Waals surface area contributed by atoms with E-state index in [0.717, 1.165) is 12.8 Å². The van der Waals surface area contributed by atoms with Crippen molar-refractivity contribution < 1.29 is 18.7 Å². The quantitative estimate of drug-likeness (QED) is 0.630. The minimum Gasteiger partial charge on any atom is -0.465 e. The number of amides is 1. The summed E-state index contributed by atoms with van der Waals surface area (Å²) in [6.07, 6.45) is 2.19. The molecule has 2 rings (SSSR count). The number of ether oxygens (including phenoxy) is 1. The molecule has 0 aliphatic heterocycles. The minimum absolute atomic E-state index is 0.304. The maximum Gasteiger partial charge on any atom is 0.339 e. The monoisotopic (exact) mass is 301 g/mol. The average Bonchev–Trinajstić information content (AvgIpc) is 3.07. The summed E-state index contributed by atoms with van der Waals surface area (Å²) in [5.74, 6) is -0.640. The number of carbonyl (C=O) groups excluding carboxylic acids is 2. The van der Waals surface area contributed by atoms with E-state index in [4.69, 9.17) is 9.15 Å². The number of carbonyl (C=O) groups is 2. The van der Waals surface area contributed by atoms with Crippen LogP contribution in [0.5, 0.6) is 0 Å². The molecule has 1 aromatic heterocycles. The van der Waals surface area contributed by atoms with Crippen LogP contribution >= 0.6 is 0 Å². The molecule has 1 aromatic carbocycles. The minimum atomic E-state index is -1.08. The van der Waals surface area contributed by atoms with Crippen molar-refractivity contribution in [2.24, 2.45) is 0 Å². The first-order valence-corrected chi connectivity index (χ1v) is 7.29. The molecule has 5 nitrogen and oxygen atoms in total. The van der Waals surface area contributed by atoms with Gasteiger partial charge in [0, 0.05) is 6.54 Å². The number of unbranched alkanes of at least 4 members (excludes halogenated alkanes) is 1. The van der Waals surface area contributed by atoms with Gasteiger partial charge in [0.25, 0.3) is 5.91 Å². The van der Waals surface area contributed by atoms with Crippen molar-refractivity contribution in [1.29, 1.82) is 0 Å². The van der Waals surface area contributed by atoms with Gasteiger partial charge in [-0.05, 0) is 30.7 Å². The van der Waals surface area contributed by atoms with E-state index in [9.17, 15) is 9.59 Å². The Labute approximate surface area is 129 Å². The van der Waals surface area contributed by atoms with E-state index >= 15 is 0 Å². The van der Waals surface area contributed by atoms with Gasteiger partial charge in [-0.25, -0.2) is 4.79 Å². The van der Waals surface area contributed by atoms with Gasteiger partial charge in [0.1, 0.15) is 0 Å². The third kappa shape index (κ3) is 4.22. The summed E-state index contributed by atoms with van der Waals surface area (Å²) in [4.78, 5) is 24.4. The Morgan fingerprint density at radius 2 is 1.95 bits per heavy atom. The number of benzene rings is 1. The van der Waals surface area contributed by atoms with E-state index in [-0.39, 0.29) is 5.91 Å². The van der Waals surface area contributed by atoms with E-state index in [1.54, 1.807) is 42.5 Å². The van der Waals surface area contributed by atoms with Crippen LogP contribution in [0.1, 0.15) is 42.0 Å². The Morgan fingerprint density at radius 3 is 2.59 bits per heavy atom. The highest BCUT2D eigenvalue weighted by molar-refractivity contribution is 5.92. The van der Waals surface area contributed by atoms with Gasteiger partial charge < -0.3 is 14.5 Å². The lowest BCUT2D eigenvalue weighted by molar-refractivity contribution is -0.131. The first kappa shape index (κ1) is 15.8. The largest absolute Gasteiger partial charge is 0.465 e. The molecule has 1 atom stereocenters. The zero-order valence-corrected chi connectivity index (χ0v) is 12.5. The zero-order chi connectivity index (χ0) is 15.8. The number of hydrogen-bond acceptors (Lipinski definition) is 4. The van der Waals surface area contributed by atoms with Crippen molar-refractivity contribution >= 4 is 11.9 Å². The first-order valence-electron chi connectivity index (χ1n) is 7.29. The molecule has 1 heterocycles. The molecule has 22 heavy (non-hydrogen) atoms. The van der Waals surface area contributed by atoms with Gasteiger partial charge in [0.2, 0.25) is 6.10 Å². The lowest BCUT2D eigenvalue weighted by atomic mass is 10.2. The highest BCUT2D eigenvalue weighted by atomic mass is 16.6. The number of nitrogens with one attached hydrogen (secondary N) is 1. The fourth-order valence-corrected chi connectivity index (χ4v) is 1.91. The lowest BCUT2D eigenvalue weighted by Gasteiger charge is -2.15. The number of furan rings is 1. The van der Waals surface area contributed by atoms with E-state index < -0.39 is 12.1 Å². The molecule has 1 amide bonds. The van der Waals surface area contributed by atoms with Crippen LogP contribution in [0.4, 0.5) is 0 Å². The molecule has 1 unspecified atom stereocenters. The van der Waals surface area contributed by atoms with Crippen molar-refractivity contribution in [2.45, 2.75) is 25.9 Å². The van der Waals surface area contributed by atoms with E-state index in [1.165, 1.54) is 6.26 Å². The van der Waals surface area contributed by atoms with Gasteiger partial charge in [-0.3, -0.25) is 4.79 Å². The number of esters is 1. The molecule has 0 radical (unpaired) electrons. The normalized spacial score (nSPS) is 11.7. The Kier molecular flexibility index (Phi) is 5.77. The second-order valence-corrected chi connectivity index (χ2v) is 4.81. The summed E-state index contributed by atoms with van der Waals surface area (Å²) in [5, 5.41) is 2.75. The molecule has 1 N–H and O–H groups in total. The number of hydrogen-bond donors (Lipinski definition) is 1. The van der Waals surface area contributed by atoms with Crippen LogP contribution in [0.25, 0.3) is 0 Å². The van der Waals surface area contributed by atoms with Gasteiger partial charge >= 0.3 is 5.97 Å². The van der Waals surface area contributed by atoms with Crippen LogP contribution in [0.15, 0.2) is 53.1 Å². The van der Waals surface area contributed by atoms with Gasteiger partial charge in [-0.1, -0.05) is 31.5 Å². The smallest absolute Gasteiger partial charge is 0.339 e. The molecule has 116 valence electrons. The molecule has 0 spiro atoms. The fraction of sp³-hybridized carbons (Fsp3) is 0.294. The Bertz CT molecular complexity index is 592. The highest BCUT2D eigenvalue weighted by Gasteiger charge is 2.27. The molecular formula is C17H19NO4. The maximum atomic E-state index is 12.2. The molecule has 5 heteroatoms. The zero-order valence-electron chi connectivity index (χ0n) is 12.5. The van der Waals surface area contributed by atoms with Gasteiger partial charge in [0.15, 0.2) is 5.76 Å². The molecule has 0 bridgehead atoms. The molecular weight excluding hydrogens is 282 g/mol. The van der Waals surface area contributed by atoms with Crippen LogP contribution in [0.2, 0.25) is 0 Å². The Morgan fingerprint density at radius 1 is 1.18 bits per heavy atom. The topological polar surface area (TPSA) is 68.5 Å². The average molecular weight is 301 g/mol. The van der Waals surface area contributed by atoms with Crippen molar-refractivity contribution in [1.82, 2.24) is 5.32 Å². The van der Waals surface area contributed by atoms with E-state index in [0.29, 0.717) is 17.9 Å².